The number of pyridine rings is 1. The molecule has 0 N–H and O–H groups in total. The predicted octanol–water partition coefficient (Wildman–Crippen LogP) is 9.38. The number of fused-ring (bicyclic) bond motifs is 4. The third-order valence-corrected chi connectivity index (χ3v) is 8.31. The van der Waals surface area contributed by atoms with Crippen molar-refractivity contribution in [1.29, 1.82) is 0 Å². The molecule has 0 saturated carbocycles. The normalized spacial score (nSPS) is 11.6. The van der Waals surface area contributed by atoms with Crippen molar-refractivity contribution in [1.82, 2.24) is 14.5 Å². The second kappa shape index (κ2) is 8.79. The SMILES string of the molecule is c1cc(-c2cc(-c3ccoc3)ccn2)cc(-n2c3ccccc3c3ccc(-c4nc5ccccc5s4)cc32)c1. The molecule has 0 atom stereocenters. The lowest BCUT2D eigenvalue weighted by atomic mass is 10.1. The van der Waals surface area contributed by atoms with Gasteiger partial charge in [0.25, 0.3) is 0 Å². The first-order valence-electron chi connectivity index (χ1n) is 12.8. The molecule has 39 heavy (non-hydrogen) atoms. The van der Waals surface area contributed by atoms with Crippen LogP contribution in [0.2, 0.25) is 0 Å². The number of hydrogen-bond acceptors (Lipinski definition) is 4. The summed E-state index contributed by atoms with van der Waals surface area (Å²) >= 11 is 1.73. The number of hydrogen-bond donors (Lipinski definition) is 0. The zero-order chi connectivity index (χ0) is 25.8. The van der Waals surface area contributed by atoms with Crippen LogP contribution in [0.15, 0.2) is 132 Å². The summed E-state index contributed by atoms with van der Waals surface area (Å²) in [4.78, 5) is 9.62. The molecule has 5 heteroatoms. The molecule has 4 nitrogen and oxygen atoms in total. The number of thiazole rings is 1. The van der Waals surface area contributed by atoms with Crippen LogP contribution in [0, 0.1) is 0 Å². The first kappa shape index (κ1) is 22.0. The maximum Gasteiger partial charge on any atom is 0.124 e. The smallest absolute Gasteiger partial charge is 0.124 e. The van der Waals surface area contributed by atoms with Gasteiger partial charge in [0.2, 0.25) is 0 Å². The van der Waals surface area contributed by atoms with Gasteiger partial charge < -0.3 is 8.98 Å². The quantitative estimate of drug-likeness (QED) is 0.233. The summed E-state index contributed by atoms with van der Waals surface area (Å²) in [6.07, 6.45) is 5.31. The Kier molecular flexibility index (Phi) is 4.96. The summed E-state index contributed by atoms with van der Waals surface area (Å²) < 4.78 is 8.85. The van der Waals surface area contributed by atoms with Gasteiger partial charge in [-0.15, -0.1) is 11.3 Å². The highest BCUT2D eigenvalue weighted by atomic mass is 32.1. The summed E-state index contributed by atoms with van der Waals surface area (Å²) in [5, 5.41) is 3.48. The first-order chi connectivity index (χ1) is 19.3. The Morgan fingerprint density at radius 2 is 1.54 bits per heavy atom. The minimum atomic E-state index is 0.923. The van der Waals surface area contributed by atoms with Gasteiger partial charge >= 0.3 is 0 Å². The van der Waals surface area contributed by atoms with Gasteiger partial charge in [0.1, 0.15) is 5.01 Å². The molecule has 4 aromatic carbocycles. The van der Waals surface area contributed by atoms with E-state index in [9.17, 15) is 0 Å². The highest BCUT2D eigenvalue weighted by Gasteiger charge is 2.15. The number of rotatable bonds is 4. The van der Waals surface area contributed by atoms with Crippen LogP contribution in [0.25, 0.3) is 70.7 Å². The fourth-order valence-corrected chi connectivity index (χ4v) is 6.34. The number of para-hydroxylation sites is 2. The van der Waals surface area contributed by atoms with Crippen molar-refractivity contribution < 1.29 is 4.42 Å². The van der Waals surface area contributed by atoms with Gasteiger partial charge in [-0.1, -0.05) is 54.6 Å². The third kappa shape index (κ3) is 3.67. The van der Waals surface area contributed by atoms with Gasteiger partial charge in [-0.05, 0) is 60.2 Å². The van der Waals surface area contributed by atoms with Crippen LogP contribution in [-0.4, -0.2) is 14.5 Å². The van der Waals surface area contributed by atoms with Gasteiger partial charge in [0, 0.05) is 39.3 Å². The maximum absolute atomic E-state index is 5.30. The van der Waals surface area contributed by atoms with E-state index in [1.807, 2.05) is 24.4 Å². The fraction of sp³-hybridized carbons (Fsp3) is 0. The van der Waals surface area contributed by atoms with Crippen LogP contribution in [0.1, 0.15) is 0 Å². The lowest BCUT2D eigenvalue weighted by molar-refractivity contribution is 0.568. The summed E-state index contributed by atoms with van der Waals surface area (Å²) in [6.45, 7) is 0. The van der Waals surface area contributed by atoms with E-state index in [0.717, 1.165) is 49.7 Å². The molecule has 8 aromatic rings. The molecule has 8 rings (SSSR count). The van der Waals surface area contributed by atoms with Gasteiger partial charge in [-0.25, -0.2) is 4.98 Å². The lowest BCUT2D eigenvalue weighted by Crippen LogP contribution is -1.95. The number of benzene rings is 4. The molecule has 0 spiro atoms. The van der Waals surface area contributed by atoms with Crippen molar-refractivity contribution in [3.05, 3.63) is 128 Å². The Hall–Kier alpha value is -5.00. The van der Waals surface area contributed by atoms with E-state index < -0.39 is 0 Å². The molecule has 0 aliphatic rings. The number of aromatic nitrogens is 3. The highest BCUT2D eigenvalue weighted by Crippen LogP contribution is 2.37. The van der Waals surface area contributed by atoms with E-state index >= 15 is 0 Å². The monoisotopic (exact) mass is 519 g/mol. The largest absolute Gasteiger partial charge is 0.472 e. The van der Waals surface area contributed by atoms with Crippen LogP contribution in [-0.2, 0) is 0 Å². The van der Waals surface area contributed by atoms with Crippen molar-refractivity contribution in [3.8, 4) is 38.6 Å². The van der Waals surface area contributed by atoms with E-state index in [1.54, 1.807) is 23.9 Å². The van der Waals surface area contributed by atoms with Crippen molar-refractivity contribution in [2.45, 2.75) is 0 Å². The van der Waals surface area contributed by atoms with Crippen molar-refractivity contribution in [2.75, 3.05) is 0 Å². The van der Waals surface area contributed by atoms with E-state index in [0.29, 0.717) is 0 Å². The fourth-order valence-electron chi connectivity index (χ4n) is 5.38. The molecule has 4 heterocycles. The molecule has 0 amide bonds. The molecule has 4 aromatic heterocycles. The van der Waals surface area contributed by atoms with Crippen LogP contribution in [0.5, 0.6) is 0 Å². The van der Waals surface area contributed by atoms with Gasteiger partial charge in [-0.2, -0.15) is 0 Å². The second-order valence-corrected chi connectivity index (χ2v) is 10.6. The van der Waals surface area contributed by atoms with E-state index in [1.165, 1.54) is 21.0 Å². The van der Waals surface area contributed by atoms with Crippen molar-refractivity contribution in [2.24, 2.45) is 0 Å². The summed E-state index contributed by atoms with van der Waals surface area (Å²) in [5.41, 5.74) is 9.69. The lowest BCUT2D eigenvalue weighted by Gasteiger charge is -2.11. The minimum absolute atomic E-state index is 0.923. The molecule has 0 fully saturated rings. The zero-order valence-electron chi connectivity index (χ0n) is 20.8. The maximum atomic E-state index is 5.30. The van der Waals surface area contributed by atoms with Crippen LogP contribution in [0.4, 0.5) is 0 Å². The second-order valence-electron chi connectivity index (χ2n) is 9.56. The molecule has 0 saturated heterocycles. The van der Waals surface area contributed by atoms with Gasteiger partial charge in [0.05, 0.1) is 39.5 Å². The molecule has 0 aliphatic heterocycles. The first-order valence-corrected chi connectivity index (χ1v) is 13.6. The van der Waals surface area contributed by atoms with E-state index in [4.69, 9.17) is 14.4 Å². The van der Waals surface area contributed by atoms with E-state index in [-0.39, 0.29) is 0 Å². The average Bonchev–Trinajstić information content (AvgIpc) is 3.75. The van der Waals surface area contributed by atoms with Gasteiger partial charge in [-0.3, -0.25) is 4.98 Å². The molecule has 0 radical (unpaired) electrons. The van der Waals surface area contributed by atoms with Crippen molar-refractivity contribution >= 4 is 43.4 Å². The molecule has 0 unspecified atom stereocenters. The predicted molar refractivity (Wildman–Crippen MR) is 160 cm³/mol. The number of furan rings is 1. The Morgan fingerprint density at radius 3 is 2.46 bits per heavy atom. The Bertz CT molecular complexity index is 2100. The van der Waals surface area contributed by atoms with E-state index in [2.05, 4.69) is 95.6 Å². The van der Waals surface area contributed by atoms with Crippen LogP contribution < -0.4 is 0 Å². The molecular formula is C34H21N3OS. The van der Waals surface area contributed by atoms with Crippen LogP contribution in [0.3, 0.4) is 0 Å². The molecule has 0 aliphatic carbocycles. The Morgan fingerprint density at radius 1 is 0.641 bits per heavy atom. The standard InChI is InChI=1S/C34H21N3OS/c1-3-10-31-27(8-1)28-13-12-24(34-36-29-9-2-4-11-33(29)39-34)20-32(28)37(31)26-7-5-6-23(18-26)30-19-22(14-16-35-30)25-15-17-38-21-25/h1-21H. The van der Waals surface area contributed by atoms with Gasteiger partial charge in [0.15, 0.2) is 0 Å². The third-order valence-electron chi connectivity index (χ3n) is 7.23. The number of nitrogens with zero attached hydrogens (tertiary/aromatic N) is 3. The van der Waals surface area contributed by atoms with Crippen molar-refractivity contribution in [3.63, 3.8) is 0 Å². The minimum Gasteiger partial charge on any atom is -0.472 e. The summed E-state index contributed by atoms with van der Waals surface area (Å²) in [7, 11) is 0. The molecule has 184 valence electrons. The Balaban J connectivity index is 1.31. The average molecular weight is 520 g/mol. The Labute approximate surface area is 228 Å². The highest BCUT2D eigenvalue weighted by molar-refractivity contribution is 7.21. The molecular weight excluding hydrogens is 498 g/mol. The van der Waals surface area contributed by atoms with Crippen LogP contribution >= 0.6 is 11.3 Å². The summed E-state index contributed by atoms with van der Waals surface area (Å²) in [5.74, 6) is 0. The molecule has 0 bridgehead atoms. The topological polar surface area (TPSA) is 43.9 Å². The summed E-state index contributed by atoms with van der Waals surface area (Å²) in [6, 6.07) is 38.3. The zero-order valence-corrected chi connectivity index (χ0v) is 21.6.